The van der Waals surface area contributed by atoms with Gasteiger partial charge in [0.1, 0.15) is 29.5 Å². The fourth-order valence-corrected chi connectivity index (χ4v) is 14.0. The number of nitrogens with one attached hydrogen (secondary N) is 3. The van der Waals surface area contributed by atoms with Gasteiger partial charge in [-0.05, 0) is 112 Å². The quantitative estimate of drug-likeness (QED) is 0.0836. The molecule has 4 aromatic carbocycles. The number of hydrogen-bond donors (Lipinski definition) is 4. The molecular weight excluding hydrogens is 1030 g/mol. The SMILES string of the molecule is CNC(=O)c1ccc(OCCO)c(F)c1-c1c(Cl)c(F)cc2c1C(C)C(CNC1CCC(C(=O)N3CCC4(CC3)CC(N3CCC(c5c(F)cc6c(N7CCC(=O)NC7=O)nn(C)c6c5F)CC3)C4)CC1)(c1ccccc1)O2. The molecule has 0 bridgehead atoms. The molecule has 20 heteroatoms. The van der Waals surface area contributed by atoms with Crippen molar-refractivity contribution in [3.05, 3.63) is 105 Å². The summed E-state index contributed by atoms with van der Waals surface area (Å²) in [5.41, 5.74) is 0.161. The maximum Gasteiger partial charge on any atom is 0.329 e. The molecule has 0 radical (unpaired) electrons. The number of imide groups is 1. The first-order valence-corrected chi connectivity index (χ1v) is 27.7. The van der Waals surface area contributed by atoms with Crippen LogP contribution < -0.4 is 30.3 Å². The van der Waals surface area contributed by atoms with Crippen molar-refractivity contribution in [2.75, 3.05) is 64.4 Å². The normalized spacial score (nSPS) is 23.8. The first-order valence-electron chi connectivity index (χ1n) is 27.3. The van der Waals surface area contributed by atoms with Gasteiger partial charge in [0, 0.05) is 98.9 Å². The number of amides is 5. The zero-order valence-corrected chi connectivity index (χ0v) is 44.8. The summed E-state index contributed by atoms with van der Waals surface area (Å²) in [4.78, 5) is 57.5. The Morgan fingerprint density at radius 3 is 2.29 bits per heavy atom. The number of aliphatic hydroxyl groups is 1. The molecule has 2 unspecified atom stereocenters. The van der Waals surface area contributed by atoms with Crippen molar-refractivity contribution in [1.82, 2.24) is 35.5 Å². The minimum Gasteiger partial charge on any atom is -0.488 e. The Hall–Kier alpha value is -6.28. The van der Waals surface area contributed by atoms with E-state index in [0.717, 1.165) is 83.1 Å². The lowest BCUT2D eigenvalue weighted by molar-refractivity contribution is -0.141. The van der Waals surface area contributed by atoms with E-state index in [-0.39, 0.29) is 111 Å². The predicted molar refractivity (Wildman–Crippen MR) is 285 cm³/mol. The molecule has 5 amide bonds. The van der Waals surface area contributed by atoms with Gasteiger partial charge in [0.2, 0.25) is 11.8 Å². The predicted octanol–water partition coefficient (Wildman–Crippen LogP) is 8.82. The van der Waals surface area contributed by atoms with Gasteiger partial charge in [-0.3, -0.25) is 29.3 Å². The Kier molecular flexibility index (Phi) is 14.7. The van der Waals surface area contributed by atoms with Crippen molar-refractivity contribution in [3.63, 3.8) is 0 Å². The average molecular weight is 1100 g/mol. The molecule has 4 N–H and O–H groups in total. The lowest BCUT2D eigenvalue weighted by Gasteiger charge is -2.56. The molecule has 2 aliphatic carbocycles. The monoisotopic (exact) mass is 1100 g/mol. The zero-order valence-electron chi connectivity index (χ0n) is 44.0. The van der Waals surface area contributed by atoms with E-state index >= 15 is 17.6 Å². The van der Waals surface area contributed by atoms with Crippen molar-refractivity contribution < 1.29 is 51.3 Å². The number of likely N-dealkylation sites (tertiary alicyclic amines) is 2. The number of anilines is 1. The highest BCUT2D eigenvalue weighted by Crippen LogP contribution is 2.57. The Labute approximate surface area is 454 Å². The molecule has 15 nitrogen and oxygen atoms in total. The van der Waals surface area contributed by atoms with Gasteiger partial charge < -0.3 is 35.0 Å². The summed E-state index contributed by atoms with van der Waals surface area (Å²) >= 11 is 6.79. The molecule has 6 aliphatic rings. The van der Waals surface area contributed by atoms with E-state index < -0.39 is 52.6 Å². The van der Waals surface area contributed by atoms with Crippen molar-refractivity contribution in [3.8, 4) is 22.6 Å². The second-order valence-corrected chi connectivity index (χ2v) is 22.7. The lowest BCUT2D eigenvalue weighted by atomic mass is 9.59. The Morgan fingerprint density at radius 1 is 0.897 bits per heavy atom. The van der Waals surface area contributed by atoms with Crippen molar-refractivity contribution in [2.24, 2.45) is 18.4 Å². The third kappa shape index (κ3) is 9.44. The number of carbonyl (C=O) groups excluding carboxylic acids is 4. The van der Waals surface area contributed by atoms with Crippen LogP contribution in [0.25, 0.3) is 22.0 Å². The smallest absolute Gasteiger partial charge is 0.329 e. The Morgan fingerprint density at radius 2 is 1.62 bits per heavy atom. The molecule has 414 valence electrons. The molecule has 11 rings (SSSR count). The van der Waals surface area contributed by atoms with Crippen LogP contribution in [0.3, 0.4) is 0 Å². The van der Waals surface area contributed by atoms with E-state index in [1.807, 2.05) is 37.3 Å². The van der Waals surface area contributed by atoms with Crippen LogP contribution in [0.5, 0.6) is 11.5 Å². The van der Waals surface area contributed by atoms with Gasteiger partial charge in [0.25, 0.3) is 5.91 Å². The molecule has 4 aliphatic heterocycles. The highest BCUT2D eigenvalue weighted by molar-refractivity contribution is 6.34. The summed E-state index contributed by atoms with van der Waals surface area (Å²) in [5, 5.41) is 22.2. The molecule has 3 saturated heterocycles. The number of aryl methyl sites for hydroxylation is 1. The third-order valence-electron chi connectivity index (χ3n) is 18.1. The van der Waals surface area contributed by atoms with Gasteiger partial charge in [0.15, 0.2) is 28.8 Å². The van der Waals surface area contributed by atoms with E-state index in [1.54, 1.807) is 7.05 Å². The number of urea groups is 1. The maximum absolute atomic E-state index is 16.7. The van der Waals surface area contributed by atoms with Gasteiger partial charge in [-0.25, -0.2) is 22.4 Å². The van der Waals surface area contributed by atoms with E-state index in [2.05, 4.69) is 30.8 Å². The number of benzene rings is 4. The highest BCUT2D eigenvalue weighted by Gasteiger charge is 2.52. The Balaban J connectivity index is 0.691. The summed E-state index contributed by atoms with van der Waals surface area (Å²) in [6.07, 6.45) is 8.22. The van der Waals surface area contributed by atoms with E-state index in [4.69, 9.17) is 21.1 Å². The first kappa shape index (κ1) is 53.7. The van der Waals surface area contributed by atoms with Crippen molar-refractivity contribution >= 4 is 52.1 Å². The molecule has 1 aromatic heterocycles. The zero-order chi connectivity index (χ0) is 54.8. The third-order valence-corrected chi connectivity index (χ3v) is 18.5. The molecule has 1 spiro atoms. The number of fused-ring (bicyclic) bond motifs is 2. The minimum atomic E-state index is -1.11. The minimum absolute atomic E-state index is 0.0156. The van der Waals surface area contributed by atoms with Crippen LogP contribution in [0, 0.1) is 34.6 Å². The maximum atomic E-state index is 16.7. The molecule has 2 saturated carbocycles. The number of carbonyl (C=O) groups is 4. The van der Waals surface area contributed by atoms with Crippen LogP contribution in [0.2, 0.25) is 5.02 Å². The second kappa shape index (κ2) is 21.4. The van der Waals surface area contributed by atoms with Crippen LogP contribution in [0.4, 0.5) is 28.2 Å². The number of hydrogen-bond acceptors (Lipinski definition) is 10. The number of halogens is 5. The van der Waals surface area contributed by atoms with Gasteiger partial charge in [-0.1, -0.05) is 48.9 Å². The number of nitrogens with zero attached hydrogens (tertiary/aromatic N) is 5. The summed E-state index contributed by atoms with van der Waals surface area (Å²) in [7, 11) is 2.98. The number of ether oxygens (including phenoxy) is 2. The van der Waals surface area contributed by atoms with Crippen LogP contribution in [-0.4, -0.2) is 120 Å². The molecule has 2 atom stereocenters. The van der Waals surface area contributed by atoms with Crippen LogP contribution in [0.1, 0.15) is 116 Å². The van der Waals surface area contributed by atoms with E-state index in [0.29, 0.717) is 31.0 Å². The highest BCUT2D eigenvalue weighted by atomic mass is 35.5. The summed E-state index contributed by atoms with van der Waals surface area (Å²) in [6, 6.07) is 14.5. The largest absolute Gasteiger partial charge is 0.488 e. The molecule has 5 heterocycles. The van der Waals surface area contributed by atoms with Crippen LogP contribution in [-0.2, 0) is 22.2 Å². The number of rotatable bonds is 13. The molecule has 5 fully saturated rings. The number of aromatic nitrogens is 2. The lowest BCUT2D eigenvalue weighted by Crippen LogP contribution is -2.57. The van der Waals surface area contributed by atoms with Gasteiger partial charge in [-0.2, -0.15) is 5.10 Å². The van der Waals surface area contributed by atoms with E-state index in [1.165, 1.54) is 40.9 Å². The Bertz CT molecular complexity index is 3170. The molecule has 78 heavy (non-hydrogen) atoms. The van der Waals surface area contributed by atoms with Crippen LogP contribution >= 0.6 is 11.6 Å². The molecular formula is C58H65ClF4N8O7. The topological polar surface area (TPSA) is 171 Å². The average Bonchev–Trinajstić information content (AvgIpc) is 4.16. The van der Waals surface area contributed by atoms with E-state index in [9.17, 15) is 24.3 Å². The summed E-state index contributed by atoms with van der Waals surface area (Å²) < 4.78 is 78.5. The first-order chi connectivity index (χ1) is 37.5. The second-order valence-electron chi connectivity index (χ2n) is 22.3. The van der Waals surface area contributed by atoms with Crippen molar-refractivity contribution in [2.45, 2.75) is 107 Å². The van der Waals surface area contributed by atoms with Crippen LogP contribution in [0.15, 0.2) is 54.6 Å². The van der Waals surface area contributed by atoms with Crippen molar-refractivity contribution in [1.29, 1.82) is 0 Å². The van der Waals surface area contributed by atoms with Gasteiger partial charge >= 0.3 is 6.03 Å². The standard InChI is InChI=1S/C58H65ClF4N8O7/c1-32-45-43(28-41(61)49(59)48(45)47-38(54(74)64-2)13-14-42(50(47)62)77-26-25-72)78-58(32,35-7-5-4-6-8-35)31-65-36-11-9-34(10-12-36)55(75)70-23-18-57(19-24-70)29-37(30-57)69-20-15-33(16-21-69)46-40(60)27-39-52(51(46)63)68(3)67-53(39)71-22-17-44(73)66-56(71)76/h4-8,13-14,27-28,32-34,36-37,65,72H,9-12,15-26,29-31H2,1-3H3,(H,64,74)(H,66,73,76). The van der Waals surface area contributed by atoms with Gasteiger partial charge in [0.05, 0.1) is 22.6 Å². The fraction of sp³-hybridized carbons (Fsp3) is 0.500. The number of piperidine rings is 2. The fourth-order valence-electron chi connectivity index (χ4n) is 13.8. The summed E-state index contributed by atoms with van der Waals surface area (Å²) in [5.74, 6) is -4.80. The number of aliphatic hydroxyl groups excluding tert-OH is 1. The molecule has 5 aromatic rings. The van der Waals surface area contributed by atoms with Gasteiger partial charge in [-0.15, -0.1) is 0 Å². The summed E-state index contributed by atoms with van der Waals surface area (Å²) in [6.45, 7) is 4.60.